The minimum absolute atomic E-state index is 0.175. The highest BCUT2D eigenvalue weighted by molar-refractivity contribution is 5.21. The van der Waals surface area contributed by atoms with E-state index < -0.39 is 0 Å². The Balaban J connectivity index is 1.91. The molecule has 1 saturated carbocycles. The Bertz CT molecular complexity index is 277. The zero-order chi connectivity index (χ0) is 9.26. The summed E-state index contributed by atoms with van der Waals surface area (Å²) in [5.41, 5.74) is 0. The summed E-state index contributed by atoms with van der Waals surface area (Å²) < 4.78 is 5.55. The average molecular weight is 179 g/mol. The van der Waals surface area contributed by atoms with Gasteiger partial charge in [-0.05, 0) is 24.8 Å². The molecule has 0 atom stereocenters. The Morgan fingerprint density at radius 2 is 2.23 bits per heavy atom. The minimum Gasteiger partial charge on any atom is -0.506 e. The van der Waals surface area contributed by atoms with Gasteiger partial charge in [-0.3, -0.25) is 0 Å². The summed E-state index contributed by atoms with van der Waals surface area (Å²) in [7, 11) is 0. The molecule has 0 spiro atoms. The van der Waals surface area contributed by atoms with Gasteiger partial charge in [0.15, 0.2) is 0 Å². The molecule has 0 radical (unpaired) electrons. The number of pyridine rings is 1. The van der Waals surface area contributed by atoms with Crippen LogP contribution < -0.4 is 4.74 Å². The molecular formula is C10H13NO2. The molecule has 1 fully saturated rings. The number of ether oxygens (including phenoxy) is 1. The van der Waals surface area contributed by atoms with Crippen molar-refractivity contribution in [2.45, 2.75) is 25.9 Å². The fraction of sp³-hybridized carbons (Fsp3) is 0.500. The first-order valence-corrected chi connectivity index (χ1v) is 4.55. The number of hydrogen-bond donors (Lipinski definition) is 1. The lowest BCUT2D eigenvalue weighted by molar-refractivity contribution is 0.0694. The van der Waals surface area contributed by atoms with E-state index in [0.717, 1.165) is 18.8 Å². The lowest BCUT2D eigenvalue weighted by Gasteiger charge is -2.32. The molecule has 1 aliphatic rings. The third kappa shape index (κ3) is 1.91. The molecular weight excluding hydrogens is 166 g/mol. The number of aromatic nitrogens is 1. The zero-order valence-electron chi connectivity index (χ0n) is 7.60. The predicted octanol–water partition coefficient (Wildman–Crippen LogP) is 1.96. The fourth-order valence-electron chi connectivity index (χ4n) is 1.54. The second-order valence-corrected chi connectivity index (χ2v) is 3.67. The summed E-state index contributed by atoms with van der Waals surface area (Å²) in [4.78, 5) is 3.95. The monoisotopic (exact) mass is 179 g/mol. The third-order valence-electron chi connectivity index (χ3n) is 2.34. The van der Waals surface area contributed by atoms with Crippen molar-refractivity contribution in [1.29, 1.82) is 0 Å². The Kier molecular flexibility index (Phi) is 2.08. The van der Waals surface area contributed by atoms with Crippen LogP contribution in [0.25, 0.3) is 0 Å². The second-order valence-electron chi connectivity index (χ2n) is 3.67. The molecule has 0 amide bonds. The van der Waals surface area contributed by atoms with Gasteiger partial charge in [-0.2, -0.15) is 0 Å². The van der Waals surface area contributed by atoms with Gasteiger partial charge in [-0.25, -0.2) is 4.98 Å². The van der Waals surface area contributed by atoms with Gasteiger partial charge in [0.05, 0.1) is 6.20 Å². The van der Waals surface area contributed by atoms with Gasteiger partial charge in [0, 0.05) is 6.07 Å². The first-order chi connectivity index (χ1) is 6.24. The van der Waals surface area contributed by atoms with Crippen LogP contribution in [0.3, 0.4) is 0 Å². The van der Waals surface area contributed by atoms with Crippen molar-refractivity contribution in [3.8, 4) is 11.6 Å². The Morgan fingerprint density at radius 1 is 1.46 bits per heavy atom. The normalized spacial score (nSPS) is 26.5. The van der Waals surface area contributed by atoms with Crippen LogP contribution in [0.5, 0.6) is 11.6 Å². The van der Waals surface area contributed by atoms with Gasteiger partial charge >= 0.3 is 0 Å². The van der Waals surface area contributed by atoms with Crippen molar-refractivity contribution < 1.29 is 9.84 Å². The Morgan fingerprint density at radius 3 is 2.77 bits per heavy atom. The lowest BCUT2D eigenvalue weighted by atomic mass is 9.84. The molecule has 1 aromatic heterocycles. The van der Waals surface area contributed by atoms with Gasteiger partial charge in [0.2, 0.25) is 5.88 Å². The Hall–Kier alpha value is -1.25. The van der Waals surface area contributed by atoms with Crippen molar-refractivity contribution in [3.05, 3.63) is 18.3 Å². The highest BCUT2D eigenvalue weighted by Gasteiger charge is 2.27. The number of rotatable bonds is 2. The first-order valence-electron chi connectivity index (χ1n) is 4.55. The largest absolute Gasteiger partial charge is 0.506 e. The predicted molar refractivity (Wildman–Crippen MR) is 48.7 cm³/mol. The van der Waals surface area contributed by atoms with Crippen LogP contribution in [-0.4, -0.2) is 16.2 Å². The summed E-state index contributed by atoms with van der Waals surface area (Å²) in [6, 6.07) is 3.28. The molecule has 0 aliphatic heterocycles. The summed E-state index contributed by atoms with van der Waals surface area (Å²) in [6.07, 6.45) is 3.95. The van der Waals surface area contributed by atoms with E-state index in [2.05, 4.69) is 11.9 Å². The highest BCUT2D eigenvalue weighted by Crippen LogP contribution is 2.30. The first kappa shape index (κ1) is 8.35. The SMILES string of the molecule is CC1CC(Oc2ccc(O)cn2)C1. The van der Waals surface area contributed by atoms with Crippen molar-refractivity contribution in [2.75, 3.05) is 0 Å². The van der Waals surface area contributed by atoms with E-state index in [1.165, 1.54) is 6.20 Å². The number of hydrogen-bond acceptors (Lipinski definition) is 3. The van der Waals surface area contributed by atoms with E-state index in [-0.39, 0.29) is 5.75 Å². The van der Waals surface area contributed by atoms with Crippen LogP contribution in [0.15, 0.2) is 18.3 Å². The van der Waals surface area contributed by atoms with E-state index in [9.17, 15) is 0 Å². The number of nitrogens with zero attached hydrogens (tertiary/aromatic N) is 1. The van der Waals surface area contributed by atoms with Crippen molar-refractivity contribution in [2.24, 2.45) is 5.92 Å². The topological polar surface area (TPSA) is 42.4 Å². The van der Waals surface area contributed by atoms with E-state index in [1.54, 1.807) is 12.1 Å². The molecule has 2 rings (SSSR count). The molecule has 1 aliphatic carbocycles. The van der Waals surface area contributed by atoms with Crippen LogP contribution in [-0.2, 0) is 0 Å². The van der Waals surface area contributed by atoms with E-state index in [4.69, 9.17) is 9.84 Å². The zero-order valence-corrected chi connectivity index (χ0v) is 7.60. The molecule has 1 heterocycles. The van der Waals surface area contributed by atoms with Crippen molar-refractivity contribution >= 4 is 0 Å². The maximum Gasteiger partial charge on any atom is 0.213 e. The third-order valence-corrected chi connectivity index (χ3v) is 2.34. The maximum atomic E-state index is 8.99. The minimum atomic E-state index is 0.175. The molecule has 70 valence electrons. The summed E-state index contributed by atoms with van der Waals surface area (Å²) in [6.45, 7) is 2.21. The van der Waals surface area contributed by atoms with Crippen molar-refractivity contribution in [1.82, 2.24) is 4.98 Å². The molecule has 0 aromatic carbocycles. The molecule has 1 aromatic rings. The highest BCUT2D eigenvalue weighted by atomic mass is 16.5. The van der Waals surface area contributed by atoms with Gasteiger partial charge < -0.3 is 9.84 Å². The average Bonchev–Trinajstić information content (AvgIpc) is 2.06. The molecule has 0 saturated heterocycles. The molecule has 13 heavy (non-hydrogen) atoms. The second kappa shape index (κ2) is 3.24. The van der Waals surface area contributed by atoms with E-state index >= 15 is 0 Å². The van der Waals surface area contributed by atoms with Crippen LogP contribution >= 0.6 is 0 Å². The Labute approximate surface area is 77.4 Å². The van der Waals surface area contributed by atoms with Crippen LogP contribution in [0.4, 0.5) is 0 Å². The molecule has 0 bridgehead atoms. The lowest BCUT2D eigenvalue weighted by Crippen LogP contribution is -2.32. The molecule has 0 unspecified atom stereocenters. The maximum absolute atomic E-state index is 8.99. The molecule has 3 nitrogen and oxygen atoms in total. The van der Waals surface area contributed by atoms with Crippen molar-refractivity contribution in [3.63, 3.8) is 0 Å². The molecule has 3 heteroatoms. The molecule has 1 N–H and O–H groups in total. The van der Waals surface area contributed by atoms with Crippen LogP contribution in [0, 0.1) is 5.92 Å². The van der Waals surface area contributed by atoms with Gasteiger partial charge in [0.1, 0.15) is 11.9 Å². The fourth-order valence-corrected chi connectivity index (χ4v) is 1.54. The quantitative estimate of drug-likeness (QED) is 0.754. The van der Waals surface area contributed by atoms with Crippen LogP contribution in [0.2, 0.25) is 0 Å². The standard InChI is InChI=1S/C10H13NO2/c1-7-4-9(5-7)13-10-3-2-8(12)6-11-10/h2-3,6-7,9,12H,4-5H2,1H3. The van der Waals surface area contributed by atoms with Gasteiger partial charge in [-0.1, -0.05) is 6.92 Å². The number of aromatic hydroxyl groups is 1. The van der Waals surface area contributed by atoms with Crippen LogP contribution in [0.1, 0.15) is 19.8 Å². The summed E-state index contributed by atoms with van der Waals surface area (Å²) in [5, 5.41) is 8.99. The summed E-state index contributed by atoms with van der Waals surface area (Å²) in [5.74, 6) is 1.56. The smallest absolute Gasteiger partial charge is 0.213 e. The van der Waals surface area contributed by atoms with E-state index in [1.807, 2.05) is 0 Å². The van der Waals surface area contributed by atoms with Gasteiger partial charge in [-0.15, -0.1) is 0 Å². The van der Waals surface area contributed by atoms with E-state index in [0.29, 0.717) is 12.0 Å². The summed E-state index contributed by atoms with van der Waals surface area (Å²) >= 11 is 0. The van der Waals surface area contributed by atoms with Gasteiger partial charge in [0.25, 0.3) is 0 Å².